The Kier molecular flexibility index (Phi) is 5.00. The van der Waals surface area contributed by atoms with Crippen molar-refractivity contribution in [3.8, 4) is 0 Å². The minimum atomic E-state index is -0.227. The maximum absolute atomic E-state index is 12.6. The zero-order valence-corrected chi connectivity index (χ0v) is 13.6. The highest BCUT2D eigenvalue weighted by atomic mass is 35.5. The Morgan fingerprint density at radius 2 is 2.17 bits per heavy atom. The molecule has 1 aromatic carbocycles. The van der Waals surface area contributed by atoms with Gasteiger partial charge in [0.25, 0.3) is 5.91 Å². The van der Waals surface area contributed by atoms with E-state index in [0.29, 0.717) is 42.8 Å². The van der Waals surface area contributed by atoms with Crippen molar-refractivity contribution in [2.24, 2.45) is 0 Å². The van der Waals surface area contributed by atoms with Crippen molar-refractivity contribution < 1.29 is 18.7 Å². The molecule has 0 radical (unpaired) electrons. The van der Waals surface area contributed by atoms with Crippen LogP contribution in [-0.2, 0) is 16.1 Å². The van der Waals surface area contributed by atoms with Gasteiger partial charge in [-0.2, -0.15) is 0 Å². The molecular weight excluding hydrogens is 318 g/mol. The van der Waals surface area contributed by atoms with Crippen LogP contribution in [0.5, 0.6) is 0 Å². The van der Waals surface area contributed by atoms with Crippen LogP contribution >= 0.6 is 11.6 Å². The Labute approximate surface area is 139 Å². The van der Waals surface area contributed by atoms with Gasteiger partial charge in [0.15, 0.2) is 5.76 Å². The summed E-state index contributed by atoms with van der Waals surface area (Å²) in [5, 5.41) is 0.646. The minimum Gasteiger partial charge on any atom is -0.453 e. The molecular formula is C17H18ClNO4. The number of methoxy groups -OCH3 is 1. The molecule has 1 atom stereocenters. The summed E-state index contributed by atoms with van der Waals surface area (Å²) in [6.45, 7) is 1.79. The number of furan rings is 1. The number of ether oxygens (including phenoxy) is 2. The number of amides is 1. The van der Waals surface area contributed by atoms with Crippen molar-refractivity contribution in [2.45, 2.75) is 12.7 Å². The van der Waals surface area contributed by atoms with Crippen molar-refractivity contribution in [3.63, 3.8) is 0 Å². The first-order chi connectivity index (χ1) is 11.2. The summed E-state index contributed by atoms with van der Waals surface area (Å²) in [5.41, 5.74) is 0.895. The molecule has 1 saturated heterocycles. The van der Waals surface area contributed by atoms with Crippen LogP contribution in [0.3, 0.4) is 0 Å². The second kappa shape index (κ2) is 7.17. The van der Waals surface area contributed by atoms with E-state index < -0.39 is 0 Å². The smallest absolute Gasteiger partial charge is 0.289 e. The Morgan fingerprint density at radius 3 is 2.96 bits per heavy atom. The van der Waals surface area contributed by atoms with Gasteiger partial charge in [-0.25, -0.2) is 0 Å². The third-order valence-electron chi connectivity index (χ3n) is 3.76. The second-order valence-electron chi connectivity index (χ2n) is 5.33. The number of halogens is 1. The number of morpholine rings is 1. The molecule has 0 aliphatic carbocycles. The predicted molar refractivity (Wildman–Crippen MR) is 85.5 cm³/mol. The van der Waals surface area contributed by atoms with E-state index in [1.54, 1.807) is 24.1 Å². The fourth-order valence-electron chi connectivity index (χ4n) is 2.63. The molecule has 1 unspecified atom stereocenters. The largest absolute Gasteiger partial charge is 0.453 e. The molecule has 0 saturated carbocycles. The maximum atomic E-state index is 12.6. The Morgan fingerprint density at radius 1 is 1.35 bits per heavy atom. The second-order valence-corrected chi connectivity index (χ2v) is 5.74. The lowest BCUT2D eigenvalue weighted by molar-refractivity contribution is -0.0238. The molecule has 122 valence electrons. The lowest BCUT2D eigenvalue weighted by Crippen LogP contribution is -2.42. The first kappa shape index (κ1) is 16.1. The van der Waals surface area contributed by atoms with E-state index >= 15 is 0 Å². The predicted octanol–water partition coefficient (Wildman–Crippen LogP) is 3.29. The molecule has 0 N–H and O–H groups in total. The summed E-state index contributed by atoms with van der Waals surface area (Å²) >= 11 is 6.22. The van der Waals surface area contributed by atoms with Gasteiger partial charge in [0.1, 0.15) is 18.5 Å². The number of carbonyl (C=O) groups excluding carboxylic acids is 1. The lowest BCUT2D eigenvalue weighted by atomic mass is 10.1. The molecule has 1 aromatic heterocycles. The molecule has 2 aromatic rings. The summed E-state index contributed by atoms with van der Waals surface area (Å²) in [4.78, 5) is 14.3. The third-order valence-corrected chi connectivity index (χ3v) is 4.11. The maximum Gasteiger partial charge on any atom is 0.289 e. The van der Waals surface area contributed by atoms with E-state index in [9.17, 15) is 4.79 Å². The number of carbonyl (C=O) groups is 1. The average Bonchev–Trinajstić information content (AvgIpc) is 3.04. The van der Waals surface area contributed by atoms with Gasteiger partial charge in [0.2, 0.25) is 0 Å². The molecule has 1 aliphatic heterocycles. The molecule has 0 bridgehead atoms. The Balaban J connectivity index is 1.72. The molecule has 6 heteroatoms. The number of rotatable bonds is 4. The lowest BCUT2D eigenvalue weighted by Gasteiger charge is -2.33. The Hall–Kier alpha value is -1.82. The summed E-state index contributed by atoms with van der Waals surface area (Å²) < 4.78 is 16.3. The van der Waals surface area contributed by atoms with Crippen molar-refractivity contribution in [2.75, 3.05) is 26.8 Å². The fourth-order valence-corrected chi connectivity index (χ4v) is 2.88. The summed E-state index contributed by atoms with van der Waals surface area (Å²) in [6, 6.07) is 11.0. The van der Waals surface area contributed by atoms with E-state index in [2.05, 4.69) is 0 Å². The fraction of sp³-hybridized carbons (Fsp3) is 0.353. The van der Waals surface area contributed by atoms with Crippen molar-refractivity contribution in [3.05, 3.63) is 58.5 Å². The van der Waals surface area contributed by atoms with Gasteiger partial charge in [-0.3, -0.25) is 4.79 Å². The Bertz CT molecular complexity index is 685. The van der Waals surface area contributed by atoms with Gasteiger partial charge < -0.3 is 18.8 Å². The van der Waals surface area contributed by atoms with Crippen LogP contribution in [0.4, 0.5) is 0 Å². The monoisotopic (exact) mass is 335 g/mol. The van der Waals surface area contributed by atoms with Crippen LogP contribution in [0.15, 0.2) is 40.8 Å². The van der Waals surface area contributed by atoms with Gasteiger partial charge in [-0.05, 0) is 18.2 Å². The van der Waals surface area contributed by atoms with Crippen LogP contribution in [0.2, 0.25) is 5.02 Å². The zero-order chi connectivity index (χ0) is 16.2. The third kappa shape index (κ3) is 3.58. The number of hydrogen-bond donors (Lipinski definition) is 0. The zero-order valence-electron chi connectivity index (χ0n) is 12.8. The standard InChI is InChI=1S/C17H18ClNO4/c1-21-11-12-6-7-15(23-12)17(20)19-8-9-22-16(10-19)13-4-2-3-5-14(13)18/h2-7,16H,8-11H2,1H3. The molecule has 5 nitrogen and oxygen atoms in total. The normalized spacial score (nSPS) is 18.2. The van der Waals surface area contributed by atoms with Crippen molar-refractivity contribution in [1.82, 2.24) is 4.90 Å². The molecule has 1 amide bonds. The topological polar surface area (TPSA) is 51.9 Å². The molecule has 3 rings (SSSR count). The molecule has 1 aliphatic rings. The molecule has 1 fully saturated rings. The summed E-state index contributed by atoms with van der Waals surface area (Å²) in [7, 11) is 1.58. The highest BCUT2D eigenvalue weighted by molar-refractivity contribution is 6.31. The van der Waals surface area contributed by atoms with Crippen LogP contribution in [0.1, 0.15) is 28.0 Å². The van der Waals surface area contributed by atoms with Gasteiger partial charge in [0.05, 0.1) is 13.2 Å². The molecule has 23 heavy (non-hydrogen) atoms. The van der Waals surface area contributed by atoms with E-state index in [1.807, 2.05) is 24.3 Å². The summed E-state index contributed by atoms with van der Waals surface area (Å²) in [5.74, 6) is 0.802. The highest BCUT2D eigenvalue weighted by Crippen LogP contribution is 2.29. The first-order valence-electron chi connectivity index (χ1n) is 7.42. The SMILES string of the molecule is COCc1ccc(C(=O)N2CCOC(c3ccccc3Cl)C2)o1. The van der Waals surface area contributed by atoms with Crippen LogP contribution in [0.25, 0.3) is 0 Å². The molecule has 0 spiro atoms. The van der Waals surface area contributed by atoms with Gasteiger partial charge in [0, 0.05) is 24.2 Å². The average molecular weight is 336 g/mol. The number of nitrogens with zero attached hydrogens (tertiary/aromatic N) is 1. The minimum absolute atomic E-state index is 0.146. The highest BCUT2D eigenvalue weighted by Gasteiger charge is 2.28. The van der Waals surface area contributed by atoms with Gasteiger partial charge >= 0.3 is 0 Å². The van der Waals surface area contributed by atoms with E-state index in [4.69, 9.17) is 25.5 Å². The number of benzene rings is 1. The van der Waals surface area contributed by atoms with Gasteiger partial charge in [-0.15, -0.1) is 0 Å². The van der Waals surface area contributed by atoms with Crippen LogP contribution in [0, 0.1) is 0 Å². The van der Waals surface area contributed by atoms with Gasteiger partial charge in [-0.1, -0.05) is 29.8 Å². The number of hydrogen-bond acceptors (Lipinski definition) is 4. The molecule has 2 heterocycles. The van der Waals surface area contributed by atoms with E-state index in [1.165, 1.54) is 0 Å². The first-order valence-corrected chi connectivity index (χ1v) is 7.80. The van der Waals surface area contributed by atoms with E-state index in [0.717, 1.165) is 5.56 Å². The van der Waals surface area contributed by atoms with Crippen molar-refractivity contribution in [1.29, 1.82) is 0 Å². The van der Waals surface area contributed by atoms with E-state index in [-0.39, 0.29) is 12.0 Å². The van der Waals surface area contributed by atoms with Crippen molar-refractivity contribution >= 4 is 17.5 Å². The quantitative estimate of drug-likeness (QED) is 0.860. The summed E-state index contributed by atoms with van der Waals surface area (Å²) in [6.07, 6.45) is -0.227. The van der Waals surface area contributed by atoms with Crippen LogP contribution in [-0.4, -0.2) is 37.6 Å². The van der Waals surface area contributed by atoms with Crippen LogP contribution < -0.4 is 0 Å².